The van der Waals surface area contributed by atoms with Crippen molar-refractivity contribution in [2.45, 2.75) is 31.5 Å². The van der Waals surface area contributed by atoms with Crippen LogP contribution in [0.2, 0.25) is 0 Å². The Labute approximate surface area is 116 Å². The van der Waals surface area contributed by atoms with E-state index in [4.69, 9.17) is 9.84 Å². The van der Waals surface area contributed by atoms with E-state index in [2.05, 4.69) is 5.43 Å². The van der Waals surface area contributed by atoms with Gasteiger partial charge in [-0.1, -0.05) is 0 Å². The molecular formula is C12H19N3O5. The van der Waals surface area contributed by atoms with E-state index in [0.29, 0.717) is 13.1 Å². The molecule has 0 bridgehead atoms. The van der Waals surface area contributed by atoms with E-state index < -0.39 is 30.6 Å². The topological polar surface area (TPSA) is 102 Å². The third-order valence-electron chi connectivity index (χ3n) is 3.48. The van der Waals surface area contributed by atoms with E-state index in [-0.39, 0.29) is 5.91 Å². The van der Waals surface area contributed by atoms with Crippen molar-refractivity contribution in [2.24, 2.45) is 0 Å². The van der Waals surface area contributed by atoms with Gasteiger partial charge in [0.25, 0.3) is 11.8 Å². The number of amides is 2. The molecule has 20 heavy (non-hydrogen) atoms. The van der Waals surface area contributed by atoms with Gasteiger partial charge in [0.05, 0.1) is 0 Å². The molecule has 2 aliphatic heterocycles. The summed E-state index contributed by atoms with van der Waals surface area (Å²) < 4.78 is 5.14. The molecule has 8 nitrogen and oxygen atoms in total. The predicted octanol–water partition coefficient (Wildman–Crippen LogP) is -1.19. The minimum absolute atomic E-state index is 0.172. The Hall–Kier alpha value is -1.67. The predicted molar refractivity (Wildman–Crippen MR) is 67.5 cm³/mol. The van der Waals surface area contributed by atoms with E-state index in [0.717, 1.165) is 24.3 Å². The van der Waals surface area contributed by atoms with Gasteiger partial charge >= 0.3 is 5.97 Å². The highest BCUT2D eigenvalue weighted by Crippen LogP contribution is 2.27. The number of piperidine rings is 1. The Bertz CT molecular complexity index is 408. The number of nitrogens with one attached hydrogen (secondary N) is 1. The van der Waals surface area contributed by atoms with Gasteiger partial charge in [-0.25, -0.2) is 5.43 Å². The molecule has 2 saturated heterocycles. The van der Waals surface area contributed by atoms with Crippen LogP contribution in [0.1, 0.15) is 19.3 Å². The molecule has 2 rings (SSSR count). The van der Waals surface area contributed by atoms with Crippen molar-refractivity contribution in [3.05, 3.63) is 0 Å². The number of likely N-dealkylation sites (tertiary alicyclic amines) is 1. The summed E-state index contributed by atoms with van der Waals surface area (Å²) in [6.07, 6.45) is 1.43. The van der Waals surface area contributed by atoms with Crippen LogP contribution in [0, 0.1) is 0 Å². The molecule has 0 spiro atoms. The summed E-state index contributed by atoms with van der Waals surface area (Å²) in [5.74, 6) is -1.83. The fourth-order valence-electron chi connectivity index (χ4n) is 2.34. The van der Waals surface area contributed by atoms with Crippen molar-refractivity contribution >= 4 is 17.8 Å². The van der Waals surface area contributed by atoms with E-state index in [1.165, 1.54) is 7.05 Å². The van der Waals surface area contributed by atoms with E-state index in [1.807, 2.05) is 0 Å². The number of hydrogen-bond acceptors (Lipinski definition) is 5. The first-order valence-corrected chi connectivity index (χ1v) is 6.69. The summed E-state index contributed by atoms with van der Waals surface area (Å²) in [6, 6.07) is 0. The number of hydrazine groups is 1. The molecule has 0 aromatic rings. The normalized spacial score (nSPS) is 25.1. The number of carboxylic acids is 1. The van der Waals surface area contributed by atoms with Crippen LogP contribution in [0.3, 0.4) is 0 Å². The van der Waals surface area contributed by atoms with Crippen LogP contribution in [0.15, 0.2) is 0 Å². The first-order chi connectivity index (χ1) is 9.54. The molecule has 0 saturated carbocycles. The highest BCUT2D eigenvalue weighted by molar-refractivity contribution is 5.95. The molecule has 2 N–H and O–H groups in total. The molecule has 0 aromatic carbocycles. The number of carboxylic acid groups (broad SMARTS) is 1. The molecule has 112 valence electrons. The number of rotatable bonds is 5. The largest absolute Gasteiger partial charge is 0.480 e. The van der Waals surface area contributed by atoms with Gasteiger partial charge in [0.1, 0.15) is 6.54 Å². The zero-order valence-electron chi connectivity index (χ0n) is 11.4. The fraction of sp³-hybridized carbons (Fsp3) is 0.750. The lowest BCUT2D eigenvalue weighted by Gasteiger charge is -2.26. The molecule has 0 aromatic heterocycles. The Kier molecular flexibility index (Phi) is 4.56. The summed E-state index contributed by atoms with van der Waals surface area (Å²) in [5, 5.41) is 9.64. The Morgan fingerprint density at radius 3 is 2.45 bits per heavy atom. The summed E-state index contributed by atoms with van der Waals surface area (Å²) in [4.78, 5) is 36.4. The second-order valence-corrected chi connectivity index (χ2v) is 4.90. The Balaban J connectivity index is 1.87. The quantitative estimate of drug-likeness (QED) is 0.486. The van der Waals surface area contributed by atoms with Crippen molar-refractivity contribution in [1.29, 1.82) is 0 Å². The lowest BCUT2D eigenvalue weighted by Crippen LogP contribution is -2.47. The summed E-state index contributed by atoms with van der Waals surface area (Å²) >= 11 is 0. The summed E-state index contributed by atoms with van der Waals surface area (Å²) in [6.45, 7) is 0.925. The first-order valence-electron chi connectivity index (χ1n) is 6.69. The highest BCUT2D eigenvalue weighted by Gasteiger charge is 2.53. The summed E-state index contributed by atoms with van der Waals surface area (Å²) in [7, 11) is 1.45. The SMILES string of the molecule is CNN(CC(=O)O)C(=O)C1OC1C(=O)N1CCCCC1. The molecule has 2 aliphatic rings. The van der Waals surface area contributed by atoms with Crippen LogP contribution in [0.5, 0.6) is 0 Å². The number of epoxide rings is 1. The molecule has 0 radical (unpaired) electrons. The fourth-order valence-corrected chi connectivity index (χ4v) is 2.34. The third kappa shape index (κ3) is 3.26. The smallest absolute Gasteiger partial charge is 0.324 e. The number of hydrogen-bond donors (Lipinski definition) is 2. The number of carbonyl (C=O) groups excluding carboxylic acids is 2. The van der Waals surface area contributed by atoms with Crippen LogP contribution in [0.4, 0.5) is 0 Å². The highest BCUT2D eigenvalue weighted by atomic mass is 16.6. The van der Waals surface area contributed by atoms with Gasteiger partial charge < -0.3 is 14.7 Å². The number of carbonyl (C=O) groups is 3. The monoisotopic (exact) mass is 285 g/mol. The van der Waals surface area contributed by atoms with E-state index in [9.17, 15) is 14.4 Å². The molecule has 8 heteroatoms. The third-order valence-corrected chi connectivity index (χ3v) is 3.48. The second kappa shape index (κ2) is 6.19. The van der Waals surface area contributed by atoms with Gasteiger partial charge in [-0.15, -0.1) is 0 Å². The Morgan fingerprint density at radius 1 is 1.25 bits per heavy atom. The van der Waals surface area contributed by atoms with Crippen molar-refractivity contribution < 1.29 is 24.2 Å². The van der Waals surface area contributed by atoms with Gasteiger partial charge in [-0.05, 0) is 19.3 Å². The van der Waals surface area contributed by atoms with E-state index >= 15 is 0 Å². The van der Waals surface area contributed by atoms with Crippen molar-refractivity contribution in [3.63, 3.8) is 0 Å². The average molecular weight is 285 g/mol. The minimum atomic E-state index is -1.13. The molecule has 0 aliphatic carbocycles. The zero-order chi connectivity index (χ0) is 14.7. The lowest BCUT2D eigenvalue weighted by molar-refractivity contribution is -0.147. The van der Waals surface area contributed by atoms with Crippen LogP contribution in [-0.2, 0) is 19.1 Å². The summed E-state index contributed by atoms with van der Waals surface area (Å²) in [5.41, 5.74) is 2.49. The maximum Gasteiger partial charge on any atom is 0.324 e. The van der Waals surface area contributed by atoms with Crippen molar-refractivity contribution in [1.82, 2.24) is 15.3 Å². The van der Waals surface area contributed by atoms with Crippen molar-refractivity contribution in [2.75, 3.05) is 26.7 Å². The lowest BCUT2D eigenvalue weighted by atomic mass is 10.1. The molecule has 2 unspecified atom stereocenters. The van der Waals surface area contributed by atoms with Crippen molar-refractivity contribution in [3.8, 4) is 0 Å². The van der Waals surface area contributed by atoms with Gasteiger partial charge in [-0.2, -0.15) is 0 Å². The van der Waals surface area contributed by atoms with Crippen LogP contribution < -0.4 is 5.43 Å². The minimum Gasteiger partial charge on any atom is -0.480 e. The molecule has 2 heterocycles. The first kappa shape index (κ1) is 14.7. The van der Waals surface area contributed by atoms with Gasteiger partial charge in [0.15, 0.2) is 12.2 Å². The second-order valence-electron chi connectivity index (χ2n) is 4.90. The Morgan fingerprint density at radius 2 is 1.90 bits per heavy atom. The number of nitrogens with zero attached hydrogens (tertiary/aromatic N) is 2. The van der Waals surface area contributed by atoms with Gasteiger partial charge in [0, 0.05) is 20.1 Å². The zero-order valence-corrected chi connectivity index (χ0v) is 11.4. The maximum absolute atomic E-state index is 12.1. The maximum atomic E-state index is 12.1. The molecule has 2 fully saturated rings. The standard InChI is InChI=1S/C12H19N3O5/c1-13-15(7-8(16)17)12(19)10-9(20-10)11(18)14-5-3-2-4-6-14/h9-10,13H,2-7H2,1H3,(H,16,17). The van der Waals surface area contributed by atoms with Crippen LogP contribution in [-0.4, -0.2) is 71.7 Å². The number of aliphatic carboxylic acids is 1. The van der Waals surface area contributed by atoms with E-state index in [1.54, 1.807) is 4.90 Å². The van der Waals surface area contributed by atoms with Gasteiger partial charge in [0.2, 0.25) is 0 Å². The van der Waals surface area contributed by atoms with Crippen LogP contribution in [0.25, 0.3) is 0 Å². The average Bonchev–Trinajstić information content (AvgIpc) is 3.24. The van der Waals surface area contributed by atoms with Gasteiger partial charge in [-0.3, -0.25) is 19.4 Å². The molecular weight excluding hydrogens is 266 g/mol. The van der Waals surface area contributed by atoms with Crippen LogP contribution >= 0.6 is 0 Å². The molecule has 2 amide bonds. The number of ether oxygens (including phenoxy) is 1. The molecule has 2 atom stereocenters.